The Hall–Kier alpha value is -4.69. The van der Waals surface area contributed by atoms with Crippen LogP contribution in [-0.4, -0.2) is 61.0 Å². The maximum atomic E-state index is 13.3. The third kappa shape index (κ3) is 7.35. The Balaban J connectivity index is 1.26. The molecular weight excluding hydrogens is 560 g/mol. The molecule has 45 heavy (non-hydrogen) atoms. The minimum absolute atomic E-state index is 0.170. The largest absolute Gasteiger partial charge is 0.368 e. The van der Waals surface area contributed by atoms with E-state index < -0.39 is 0 Å². The van der Waals surface area contributed by atoms with Gasteiger partial charge in [-0.3, -0.25) is 14.6 Å². The molecule has 2 aliphatic rings. The van der Waals surface area contributed by atoms with Crippen LogP contribution in [0.2, 0.25) is 0 Å². The summed E-state index contributed by atoms with van der Waals surface area (Å²) in [7, 11) is 0. The summed E-state index contributed by atoms with van der Waals surface area (Å²) in [5.41, 5.74) is 13.7. The number of nitrogens with one attached hydrogen (secondary N) is 1. The second-order valence-electron chi connectivity index (χ2n) is 12.1. The summed E-state index contributed by atoms with van der Waals surface area (Å²) in [5, 5.41) is 3.19. The van der Waals surface area contributed by atoms with E-state index in [-0.39, 0.29) is 17.7 Å². The van der Waals surface area contributed by atoms with Crippen LogP contribution < -0.4 is 20.9 Å². The number of pyridine rings is 1. The average molecular weight is 603 g/mol. The maximum Gasteiger partial charge on any atom is 0.257 e. The van der Waals surface area contributed by atoms with Crippen molar-refractivity contribution >= 4 is 28.9 Å². The molecule has 1 saturated carbocycles. The fourth-order valence-corrected chi connectivity index (χ4v) is 6.10. The second kappa shape index (κ2) is 13.9. The van der Waals surface area contributed by atoms with Crippen molar-refractivity contribution in [2.24, 2.45) is 11.7 Å². The molecule has 8 nitrogen and oxygen atoms in total. The van der Waals surface area contributed by atoms with Crippen LogP contribution in [0.3, 0.4) is 0 Å². The van der Waals surface area contributed by atoms with Gasteiger partial charge in [-0.05, 0) is 91.4 Å². The standard InChI is InChI=1S/C37H42N6O2/c1-27-7-2-3-11-34(27)41-19-21-42(22-20-41)35-15-14-31(24-33(35)40-36(44)32-10-5-17-39-25-32)30-9-4-8-28(23-30)26-43(18-6-16-38)37(45)29-12-13-29/h2-5,7-11,14-15,17,23-25,29H,6,12-13,16,18-22,26,38H2,1H3,(H,40,44). The summed E-state index contributed by atoms with van der Waals surface area (Å²) >= 11 is 0. The molecule has 2 heterocycles. The fourth-order valence-electron chi connectivity index (χ4n) is 6.10. The topological polar surface area (TPSA) is 94.8 Å². The van der Waals surface area contributed by atoms with Gasteiger partial charge in [0.05, 0.1) is 16.9 Å². The van der Waals surface area contributed by atoms with E-state index >= 15 is 0 Å². The molecule has 3 N–H and O–H groups in total. The maximum absolute atomic E-state index is 13.3. The lowest BCUT2D eigenvalue weighted by Crippen LogP contribution is -2.47. The zero-order valence-electron chi connectivity index (χ0n) is 26.0. The van der Waals surface area contributed by atoms with Crippen molar-refractivity contribution in [2.45, 2.75) is 32.7 Å². The van der Waals surface area contributed by atoms with E-state index in [1.807, 2.05) is 11.0 Å². The lowest BCUT2D eigenvalue weighted by Gasteiger charge is -2.38. The molecule has 8 heteroatoms. The molecule has 6 rings (SSSR count). The molecule has 232 valence electrons. The average Bonchev–Trinajstić information content (AvgIpc) is 3.93. The number of benzene rings is 3. The molecule has 2 fully saturated rings. The normalized spacial score (nSPS) is 14.7. The van der Waals surface area contributed by atoms with Crippen molar-refractivity contribution in [3.63, 3.8) is 0 Å². The zero-order valence-corrected chi connectivity index (χ0v) is 26.0. The van der Waals surface area contributed by atoms with Crippen LogP contribution >= 0.6 is 0 Å². The van der Waals surface area contributed by atoms with Crippen LogP contribution in [0.4, 0.5) is 17.1 Å². The van der Waals surface area contributed by atoms with Crippen molar-refractivity contribution in [3.05, 3.63) is 108 Å². The van der Waals surface area contributed by atoms with Gasteiger partial charge in [0.15, 0.2) is 0 Å². The van der Waals surface area contributed by atoms with Crippen molar-refractivity contribution in [1.29, 1.82) is 0 Å². The summed E-state index contributed by atoms with van der Waals surface area (Å²) in [4.78, 5) is 37.2. The van der Waals surface area contributed by atoms with E-state index in [0.29, 0.717) is 25.2 Å². The number of hydrogen-bond acceptors (Lipinski definition) is 6. The van der Waals surface area contributed by atoms with Gasteiger partial charge < -0.3 is 25.8 Å². The molecule has 0 bridgehead atoms. The van der Waals surface area contributed by atoms with Gasteiger partial charge >= 0.3 is 0 Å². The van der Waals surface area contributed by atoms with Crippen LogP contribution in [0.1, 0.15) is 40.7 Å². The minimum atomic E-state index is -0.192. The summed E-state index contributed by atoms with van der Waals surface area (Å²) in [6.45, 7) is 7.43. The highest BCUT2D eigenvalue weighted by Gasteiger charge is 2.33. The summed E-state index contributed by atoms with van der Waals surface area (Å²) in [6, 6.07) is 26.7. The summed E-state index contributed by atoms with van der Waals surface area (Å²) in [6.07, 6.45) is 6.01. The van der Waals surface area contributed by atoms with Gasteiger partial charge in [0, 0.05) is 63.3 Å². The lowest BCUT2D eigenvalue weighted by atomic mass is 10.0. The van der Waals surface area contributed by atoms with Crippen molar-refractivity contribution in [2.75, 3.05) is 54.4 Å². The van der Waals surface area contributed by atoms with Crippen molar-refractivity contribution in [3.8, 4) is 11.1 Å². The number of aromatic nitrogens is 1. The fraction of sp³-hybridized carbons (Fsp3) is 0.324. The van der Waals surface area contributed by atoms with E-state index in [4.69, 9.17) is 5.73 Å². The second-order valence-corrected chi connectivity index (χ2v) is 12.1. The molecule has 0 spiro atoms. The third-order valence-electron chi connectivity index (χ3n) is 8.75. The number of amides is 2. The van der Waals surface area contributed by atoms with Gasteiger partial charge in [-0.25, -0.2) is 0 Å². The predicted octanol–water partition coefficient (Wildman–Crippen LogP) is 5.72. The monoisotopic (exact) mass is 602 g/mol. The van der Waals surface area contributed by atoms with Gasteiger partial charge in [-0.15, -0.1) is 0 Å². The lowest BCUT2D eigenvalue weighted by molar-refractivity contribution is -0.133. The number of nitrogens with two attached hydrogens (primary N) is 1. The Morgan fingerprint density at radius 1 is 0.889 bits per heavy atom. The molecule has 4 aromatic rings. The zero-order chi connectivity index (χ0) is 31.2. The highest BCUT2D eigenvalue weighted by Crippen LogP contribution is 2.35. The minimum Gasteiger partial charge on any atom is -0.368 e. The van der Waals surface area contributed by atoms with E-state index in [1.54, 1.807) is 24.5 Å². The molecule has 0 radical (unpaired) electrons. The van der Waals surface area contributed by atoms with Crippen molar-refractivity contribution in [1.82, 2.24) is 9.88 Å². The number of piperazine rings is 1. The first-order valence-corrected chi connectivity index (χ1v) is 16.0. The van der Waals surface area contributed by atoms with Crippen LogP contribution in [-0.2, 0) is 11.3 Å². The molecule has 0 unspecified atom stereocenters. The number of carbonyl (C=O) groups is 2. The third-order valence-corrected chi connectivity index (χ3v) is 8.75. The van der Waals surface area contributed by atoms with E-state index in [0.717, 1.165) is 73.5 Å². The van der Waals surface area contributed by atoms with Gasteiger partial charge in [0.2, 0.25) is 5.91 Å². The number of anilines is 3. The number of carbonyl (C=O) groups excluding carboxylic acids is 2. The molecule has 3 aromatic carbocycles. The van der Waals surface area contributed by atoms with Crippen LogP contribution in [0.25, 0.3) is 11.1 Å². The summed E-state index contributed by atoms with van der Waals surface area (Å²) in [5.74, 6) is 0.215. The van der Waals surface area contributed by atoms with Crippen molar-refractivity contribution < 1.29 is 9.59 Å². The van der Waals surface area contributed by atoms with Gasteiger partial charge in [-0.1, -0.05) is 42.5 Å². The Morgan fingerprint density at radius 3 is 2.36 bits per heavy atom. The number of rotatable bonds is 11. The SMILES string of the molecule is Cc1ccccc1N1CCN(c2ccc(-c3cccc(CN(CCCN)C(=O)C4CC4)c3)cc2NC(=O)c2cccnc2)CC1. The number of nitrogens with zero attached hydrogens (tertiary/aromatic N) is 4. The Morgan fingerprint density at radius 2 is 1.64 bits per heavy atom. The van der Waals surface area contributed by atoms with Crippen LogP contribution in [0.15, 0.2) is 91.3 Å². The van der Waals surface area contributed by atoms with Gasteiger partial charge in [-0.2, -0.15) is 0 Å². The molecular formula is C37H42N6O2. The van der Waals surface area contributed by atoms with Gasteiger partial charge in [0.1, 0.15) is 0 Å². The first-order valence-electron chi connectivity index (χ1n) is 16.0. The van der Waals surface area contributed by atoms with E-state index in [9.17, 15) is 9.59 Å². The highest BCUT2D eigenvalue weighted by atomic mass is 16.2. The van der Waals surface area contributed by atoms with Crippen LogP contribution in [0, 0.1) is 12.8 Å². The number of para-hydroxylation sites is 1. The molecule has 1 aliphatic heterocycles. The predicted molar refractivity (Wildman–Crippen MR) is 181 cm³/mol. The molecule has 0 atom stereocenters. The molecule has 2 amide bonds. The first kappa shape index (κ1) is 30.3. The Labute approximate surface area is 265 Å². The number of aryl methyl sites for hydroxylation is 1. The highest BCUT2D eigenvalue weighted by molar-refractivity contribution is 6.06. The van der Waals surface area contributed by atoms with Crippen LogP contribution in [0.5, 0.6) is 0 Å². The van der Waals surface area contributed by atoms with Gasteiger partial charge in [0.25, 0.3) is 5.91 Å². The molecule has 1 aromatic heterocycles. The Kier molecular flexibility index (Phi) is 9.41. The molecule has 1 saturated heterocycles. The Bertz CT molecular complexity index is 1630. The van der Waals surface area contributed by atoms with E-state index in [1.165, 1.54) is 11.3 Å². The quantitative estimate of drug-likeness (QED) is 0.228. The molecule has 1 aliphatic carbocycles. The van der Waals surface area contributed by atoms with E-state index in [2.05, 4.69) is 87.7 Å². The smallest absolute Gasteiger partial charge is 0.257 e. The summed E-state index contributed by atoms with van der Waals surface area (Å²) < 4.78 is 0. The first-order chi connectivity index (χ1) is 22.0. The number of hydrogen-bond donors (Lipinski definition) is 2.